The predicted molar refractivity (Wildman–Crippen MR) is 90.1 cm³/mol. The summed E-state index contributed by atoms with van der Waals surface area (Å²) in [4.78, 5) is 0. The van der Waals surface area contributed by atoms with Crippen molar-refractivity contribution in [2.45, 2.75) is 6.04 Å². The first-order chi connectivity index (χ1) is 10.3. The SMILES string of the molecule is N#CC(Nc1cccc(Br)c1)c1ccc2ccccc2c1. The Labute approximate surface area is 132 Å². The van der Waals surface area contributed by atoms with Crippen LogP contribution in [0.4, 0.5) is 5.69 Å². The van der Waals surface area contributed by atoms with E-state index in [4.69, 9.17) is 0 Å². The number of nitrogens with one attached hydrogen (secondary N) is 1. The fourth-order valence-electron chi connectivity index (χ4n) is 2.32. The molecule has 1 N–H and O–H groups in total. The number of halogens is 1. The van der Waals surface area contributed by atoms with Crippen LogP contribution in [0.2, 0.25) is 0 Å². The van der Waals surface area contributed by atoms with Gasteiger partial charge in [0, 0.05) is 10.2 Å². The van der Waals surface area contributed by atoms with Crippen molar-refractivity contribution < 1.29 is 0 Å². The molecule has 0 radical (unpaired) electrons. The molecule has 3 rings (SSSR count). The van der Waals surface area contributed by atoms with Gasteiger partial charge in [-0.25, -0.2) is 0 Å². The second-order valence-corrected chi connectivity index (χ2v) is 5.74. The third-order valence-corrected chi connectivity index (χ3v) is 3.86. The molecule has 1 atom stereocenters. The molecule has 3 aromatic carbocycles. The van der Waals surface area contributed by atoms with Crippen molar-refractivity contribution in [1.29, 1.82) is 5.26 Å². The Bertz CT molecular complexity index is 821. The molecule has 0 aliphatic rings. The minimum Gasteiger partial charge on any atom is -0.366 e. The van der Waals surface area contributed by atoms with Crippen molar-refractivity contribution in [2.75, 3.05) is 5.32 Å². The number of nitrogens with zero attached hydrogens (tertiary/aromatic N) is 1. The summed E-state index contributed by atoms with van der Waals surface area (Å²) in [6.07, 6.45) is 0. The Kier molecular flexibility index (Phi) is 3.89. The van der Waals surface area contributed by atoms with Crippen LogP contribution in [0, 0.1) is 11.3 Å². The van der Waals surface area contributed by atoms with Crippen LogP contribution in [-0.4, -0.2) is 0 Å². The van der Waals surface area contributed by atoms with Gasteiger partial charge in [0.15, 0.2) is 0 Å². The van der Waals surface area contributed by atoms with Gasteiger partial charge in [0.1, 0.15) is 6.04 Å². The normalized spacial score (nSPS) is 11.8. The first-order valence-corrected chi connectivity index (χ1v) is 7.46. The molecule has 0 aromatic heterocycles. The number of benzene rings is 3. The fraction of sp³-hybridized carbons (Fsp3) is 0.0556. The standard InChI is InChI=1S/C18H13BrN2/c19-16-6-3-7-17(11-16)21-18(12-20)15-9-8-13-4-1-2-5-14(13)10-15/h1-11,18,21H. The van der Waals surface area contributed by atoms with Gasteiger partial charge in [0.25, 0.3) is 0 Å². The Morgan fingerprint density at radius 3 is 2.48 bits per heavy atom. The zero-order valence-electron chi connectivity index (χ0n) is 11.3. The summed E-state index contributed by atoms with van der Waals surface area (Å²) in [5.74, 6) is 0. The maximum atomic E-state index is 9.46. The lowest BCUT2D eigenvalue weighted by Crippen LogP contribution is -2.08. The number of fused-ring (bicyclic) bond motifs is 1. The van der Waals surface area contributed by atoms with Crippen LogP contribution in [0.15, 0.2) is 71.2 Å². The molecule has 0 saturated heterocycles. The summed E-state index contributed by atoms with van der Waals surface area (Å²) in [5, 5.41) is 15.0. The zero-order valence-corrected chi connectivity index (χ0v) is 12.8. The van der Waals surface area contributed by atoms with Gasteiger partial charge in [-0.05, 0) is 40.6 Å². The van der Waals surface area contributed by atoms with E-state index >= 15 is 0 Å². The van der Waals surface area contributed by atoms with Crippen LogP contribution in [0.5, 0.6) is 0 Å². The van der Waals surface area contributed by atoms with Gasteiger partial charge in [-0.2, -0.15) is 5.26 Å². The maximum Gasteiger partial charge on any atom is 0.140 e. The summed E-state index contributed by atoms with van der Waals surface area (Å²) in [6, 6.07) is 24.1. The molecule has 3 aromatic rings. The molecule has 0 aliphatic carbocycles. The molecule has 2 nitrogen and oxygen atoms in total. The van der Waals surface area contributed by atoms with Gasteiger partial charge in [0.2, 0.25) is 0 Å². The number of rotatable bonds is 3. The van der Waals surface area contributed by atoms with E-state index in [1.165, 1.54) is 5.39 Å². The summed E-state index contributed by atoms with van der Waals surface area (Å²) < 4.78 is 0.989. The van der Waals surface area contributed by atoms with Gasteiger partial charge < -0.3 is 5.32 Å². The highest BCUT2D eigenvalue weighted by Gasteiger charge is 2.10. The first kappa shape index (κ1) is 13.7. The Morgan fingerprint density at radius 1 is 0.905 bits per heavy atom. The topological polar surface area (TPSA) is 35.8 Å². The monoisotopic (exact) mass is 336 g/mol. The molecule has 0 fully saturated rings. The van der Waals surface area contributed by atoms with E-state index in [1.54, 1.807) is 0 Å². The number of anilines is 1. The first-order valence-electron chi connectivity index (χ1n) is 6.67. The summed E-state index contributed by atoms with van der Waals surface area (Å²) >= 11 is 3.44. The molecule has 0 heterocycles. The minimum absolute atomic E-state index is 0.371. The van der Waals surface area contributed by atoms with Crippen molar-refractivity contribution in [1.82, 2.24) is 0 Å². The Hall–Kier alpha value is -2.31. The average molecular weight is 337 g/mol. The van der Waals surface area contributed by atoms with Crippen LogP contribution < -0.4 is 5.32 Å². The third-order valence-electron chi connectivity index (χ3n) is 3.37. The molecule has 0 spiro atoms. The molecular formula is C18H13BrN2. The van der Waals surface area contributed by atoms with Gasteiger partial charge in [-0.1, -0.05) is 58.4 Å². The number of hydrogen-bond acceptors (Lipinski definition) is 2. The van der Waals surface area contributed by atoms with E-state index < -0.39 is 0 Å². The van der Waals surface area contributed by atoms with Crippen LogP contribution in [0.3, 0.4) is 0 Å². The predicted octanol–water partition coefficient (Wildman–Crippen LogP) is 5.28. The van der Waals surface area contributed by atoms with E-state index in [-0.39, 0.29) is 6.04 Å². The molecular weight excluding hydrogens is 324 g/mol. The molecule has 0 amide bonds. The maximum absolute atomic E-state index is 9.46. The lowest BCUT2D eigenvalue weighted by atomic mass is 10.0. The molecule has 21 heavy (non-hydrogen) atoms. The van der Waals surface area contributed by atoms with E-state index in [0.29, 0.717) is 0 Å². The lowest BCUT2D eigenvalue weighted by Gasteiger charge is -2.14. The van der Waals surface area contributed by atoms with E-state index in [1.807, 2.05) is 42.5 Å². The van der Waals surface area contributed by atoms with E-state index in [2.05, 4.69) is 51.6 Å². The second-order valence-electron chi connectivity index (χ2n) is 4.82. The van der Waals surface area contributed by atoms with Gasteiger partial charge in [0.05, 0.1) is 6.07 Å². The molecule has 1 unspecified atom stereocenters. The van der Waals surface area contributed by atoms with Gasteiger partial charge in [-0.15, -0.1) is 0 Å². The number of nitriles is 1. The van der Waals surface area contributed by atoms with Crippen molar-refractivity contribution in [3.63, 3.8) is 0 Å². The Balaban J connectivity index is 1.93. The highest BCUT2D eigenvalue weighted by atomic mass is 79.9. The van der Waals surface area contributed by atoms with Crippen molar-refractivity contribution in [2.24, 2.45) is 0 Å². The third kappa shape index (κ3) is 3.07. The van der Waals surface area contributed by atoms with Crippen molar-refractivity contribution >= 4 is 32.4 Å². The molecule has 0 saturated carbocycles. The molecule has 0 bridgehead atoms. The average Bonchev–Trinajstić information content (AvgIpc) is 2.52. The summed E-state index contributed by atoms with van der Waals surface area (Å²) in [5.41, 5.74) is 1.89. The van der Waals surface area contributed by atoms with Gasteiger partial charge in [-0.3, -0.25) is 0 Å². The Morgan fingerprint density at radius 2 is 1.71 bits per heavy atom. The number of hydrogen-bond donors (Lipinski definition) is 1. The van der Waals surface area contributed by atoms with Gasteiger partial charge >= 0.3 is 0 Å². The highest BCUT2D eigenvalue weighted by Crippen LogP contribution is 2.24. The molecule has 3 heteroatoms. The van der Waals surface area contributed by atoms with Crippen LogP contribution in [0.25, 0.3) is 10.8 Å². The van der Waals surface area contributed by atoms with Crippen molar-refractivity contribution in [3.8, 4) is 6.07 Å². The van der Waals surface area contributed by atoms with E-state index in [9.17, 15) is 5.26 Å². The summed E-state index contributed by atoms with van der Waals surface area (Å²) in [6.45, 7) is 0. The summed E-state index contributed by atoms with van der Waals surface area (Å²) in [7, 11) is 0. The van der Waals surface area contributed by atoms with Crippen LogP contribution in [-0.2, 0) is 0 Å². The minimum atomic E-state index is -0.371. The van der Waals surface area contributed by atoms with E-state index in [0.717, 1.165) is 21.1 Å². The smallest absolute Gasteiger partial charge is 0.140 e. The lowest BCUT2D eigenvalue weighted by molar-refractivity contribution is 1.00. The quantitative estimate of drug-likeness (QED) is 0.706. The van der Waals surface area contributed by atoms with Crippen LogP contribution in [0.1, 0.15) is 11.6 Å². The largest absolute Gasteiger partial charge is 0.366 e. The second kappa shape index (κ2) is 5.99. The molecule has 0 aliphatic heterocycles. The van der Waals surface area contributed by atoms with Crippen LogP contribution >= 0.6 is 15.9 Å². The zero-order chi connectivity index (χ0) is 14.7. The molecule has 102 valence electrons. The van der Waals surface area contributed by atoms with Crippen molar-refractivity contribution in [3.05, 3.63) is 76.8 Å². The highest BCUT2D eigenvalue weighted by molar-refractivity contribution is 9.10. The fourth-order valence-corrected chi connectivity index (χ4v) is 2.72.